The molecule has 1 saturated heterocycles. The van der Waals surface area contributed by atoms with Gasteiger partial charge in [-0.2, -0.15) is 4.98 Å². The number of rotatable bonds is 8. The summed E-state index contributed by atoms with van der Waals surface area (Å²) in [4.78, 5) is 24.0. The molecule has 0 bridgehead atoms. The van der Waals surface area contributed by atoms with Crippen LogP contribution in [0.5, 0.6) is 11.5 Å². The molecule has 3 aromatic rings. The average molecular weight is 448 g/mol. The number of benzene rings is 2. The molecule has 8 heteroatoms. The highest BCUT2D eigenvalue weighted by molar-refractivity contribution is 5.79. The number of ether oxygens (including phenoxy) is 2. The third-order valence-corrected chi connectivity index (χ3v) is 5.71. The lowest BCUT2D eigenvalue weighted by molar-refractivity contribution is -0.125. The fourth-order valence-electron chi connectivity index (χ4n) is 3.84. The van der Waals surface area contributed by atoms with Crippen molar-refractivity contribution in [1.82, 2.24) is 15.3 Å². The van der Waals surface area contributed by atoms with Gasteiger partial charge in [0, 0.05) is 31.5 Å². The van der Waals surface area contributed by atoms with E-state index < -0.39 is 0 Å². The number of nitrogens with one attached hydrogen (secondary N) is 2. The third kappa shape index (κ3) is 5.91. The van der Waals surface area contributed by atoms with Gasteiger partial charge >= 0.3 is 0 Å². The number of carbonyl (C=O) groups excluding carboxylic acids is 1. The Kier molecular flexibility index (Phi) is 7.24. The van der Waals surface area contributed by atoms with E-state index in [1.54, 1.807) is 20.4 Å². The van der Waals surface area contributed by atoms with Gasteiger partial charge in [0.15, 0.2) is 0 Å². The summed E-state index contributed by atoms with van der Waals surface area (Å²) in [6.07, 6.45) is 3.51. The molecular weight excluding hydrogens is 418 g/mol. The first-order chi connectivity index (χ1) is 16.1. The van der Waals surface area contributed by atoms with Crippen LogP contribution in [0.2, 0.25) is 0 Å². The molecule has 1 atom stereocenters. The van der Waals surface area contributed by atoms with Crippen molar-refractivity contribution in [3.63, 3.8) is 0 Å². The van der Waals surface area contributed by atoms with E-state index >= 15 is 0 Å². The third-order valence-electron chi connectivity index (χ3n) is 5.71. The Hall–Kier alpha value is -3.81. The smallest absolute Gasteiger partial charge is 0.227 e. The van der Waals surface area contributed by atoms with E-state index in [-0.39, 0.29) is 11.8 Å². The van der Waals surface area contributed by atoms with Gasteiger partial charge in [-0.1, -0.05) is 12.1 Å². The summed E-state index contributed by atoms with van der Waals surface area (Å²) in [6.45, 7) is 1.92. The molecule has 2 heterocycles. The average Bonchev–Trinajstić information content (AvgIpc) is 2.88. The maximum absolute atomic E-state index is 12.8. The molecule has 0 saturated carbocycles. The van der Waals surface area contributed by atoms with Gasteiger partial charge in [0.1, 0.15) is 17.3 Å². The van der Waals surface area contributed by atoms with E-state index in [2.05, 4.69) is 25.5 Å². The zero-order chi connectivity index (χ0) is 23.0. The SMILES string of the molecule is COc1ccc(CNC(=O)C2CCCN(c3nccc(Nc4ccc(OC)cc4)n3)C2)cc1. The molecule has 4 rings (SSSR count). The number of piperidine rings is 1. The number of aromatic nitrogens is 2. The number of methoxy groups -OCH3 is 2. The topological polar surface area (TPSA) is 88.6 Å². The predicted molar refractivity (Wildman–Crippen MR) is 128 cm³/mol. The van der Waals surface area contributed by atoms with Gasteiger partial charge in [0.2, 0.25) is 11.9 Å². The molecule has 1 aliphatic heterocycles. The Bertz CT molecular complexity index is 1060. The van der Waals surface area contributed by atoms with Crippen molar-refractivity contribution in [2.24, 2.45) is 5.92 Å². The number of hydrogen-bond donors (Lipinski definition) is 2. The molecule has 1 amide bonds. The summed E-state index contributed by atoms with van der Waals surface area (Å²) in [6, 6.07) is 17.2. The van der Waals surface area contributed by atoms with Crippen LogP contribution in [-0.2, 0) is 11.3 Å². The molecule has 8 nitrogen and oxygen atoms in total. The van der Waals surface area contributed by atoms with Crippen LogP contribution in [0.1, 0.15) is 18.4 Å². The van der Waals surface area contributed by atoms with E-state index in [1.807, 2.05) is 54.6 Å². The maximum Gasteiger partial charge on any atom is 0.227 e. The second-order valence-electron chi connectivity index (χ2n) is 7.95. The van der Waals surface area contributed by atoms with E-state index in [9.17, 15) is 4.79 Å². The zero-order valence-corrected chi connectivity index (χ0v) is 19.0. The van der Waals surface area contributed by atoms with Gasteiger partial charge in [0.05, 0.1) is 20.1 Å². The minimum Gasteiger partial charge on any atom is -0.497 e. The highest BCUT2D eigenvalue weighted by atomic mass is 16.5. The van der Waals surface area contributed by atoms with Crippen molar-refractivity contribution in [3.8, 4) is 11.5 Å². The van der Waals surface area contributed by atoms with Crippen LogP contribution >= 0.6 is 0 Å². The zero-order valence-electron chi connectivity index (χ0n) is 19.0. The van der Waals surface area contributed by atoms with Gasteiger partial charge in [0.25, 0.3) is 0 Å². The Labute approximate surface area is 194 Å². The van der Waals surface area contributed by atoms with Gasteiger partial charge in [-0.25, -0.2) is 4.98 Å². The van der Waals surface area contributed by atoms with Crippen LogP contribution < -0.4 is 25.0 Å². The number of carbonyl (C=O) groups is 1. The summed E-state index contributed by atoms with van der Waals surface area (Å²) in [7, 11) is 3.28. The monoisotopic (exact) mass is 447 g/mol. The minimum atomic E-state index is -0.0983. The lowest BCUT2D eigenvalue weighted by Gasteiger charge is -2.32. The first-order valence-corrected chi connectivity index (χ1v) is 11.0. The Morgan fingerprint density at radius 3 is 2.42 bits per heavy atom. The van der Waals surface area contributed by atoms with Crippen LogP contribution in [0.25, 0.3) is 0 Å². The van der Waals surface area contributed by atoms with E-state index in [0.29, 0.717) is 24.9 Å². The number of nitrogens with zero attached hydrogens (tertiary/aromatic N) is 3. The van der Waals surface area contributed by atoms with Crippen LogP contribution in [-0.4, -0.2) is 43.2 Å². The van der Waals surface area contributed by atoms with Gasteiger partial charge < -0.3 is 25.0 Å². The lowest BCUT2D eigenvalue weighted by atomic mass is 9.97. The minimum absolute atomic E-state index is 0.0584. The Morgan fingerprint density at radius 1 is 1.03 bits per heavy atom. The van der Waals surface area contributed by atoms with Crippen molar-refractivity contribution in [3.05, 3.63) is 66.4 Å². The van der Waals surface area contributed by atoms with Crippen LogP contribution in [0.4, 0.5) is 17.5 Å². The molecule has 0 spiro atoms. The second-order valence-corrected chi connectivity index (χ2v) is 7.95. The van der Waals surface area contributed by atoms with Crippen molar-refractivity contribution >= 4 is 23.4 Å². The summed E-state index contributed by atoms with van der Waals surface area (Å²) >= 11 is 0. The fourth-order valence-corrected chi connectivity index (χ4v) is 3.84. The maximum atomic E-state index is 12.8. The molecule has 0 aliphatic carbocycles. The predicted octanol–water partition coefficient (Wildman–Crippen LogP) is 3.77. The first kappa shape index (κ1) is 22.4. The van der Waals surface area contributed by atoms with Gasteiger partial charge in [-0.3, -0.25) is 4.79 Å². The molecule has 2 aromatic carbocycles. The highest BCUT2D eigenvalue weighted by Gasteiger charge is 2.27. The molecule has 0 radical (unpaired) electrons. The van der Waals surface area contributed by atoms with Crippen LogP contribution in [0.3, 0.4) is 0 Å². The molecule has 1 fully saturated rings. The Morgan fingerprint density at radius 2 is 1.73 bits per heavy atom. The molecule has 33 heavy (non-hydrogen) atoms. The van der Waals surface area contributed by atoms with Crippen LogP contribution in [0.15, 0.2) is 60.8 Å². The van der Waals surface area contributed by atoms with Gasteiger partial charge in [-0.05, 0) is 60.9 Å². The largest absolute Gasteiger partial charge is 0.497 e. The summed E-state index contributed by atoms with van der Waals surface area (Å²) in [5.74, 6) is 2.89. The van der Waals surface area contributed by atoms with Crippen molar-refractivity contribution in [2.45, 2.75) is 19.4 Å². The first-order valence-electron chi connectivity index (χ1n) is 11.0. The summed E-state index contributed by atoms with van der Waals surface area (Å²) in [5.41, 5.74) is 1.95. The molecule has 1 aromatic heterocycles. The normalized spacial score (nSPS) is 15.6. The number of hydrogen-bond acceptors (Lipinski definition) is 7. The number of anilines is 3. The number of amides is 1. The summed E-state index contributed by atoms with van der Waals surface area (Å²) < 4.78 is 10.4. The van der Waals surface area contributed by atoms with E-state index in [1.165, 1.54) is 0 Å². The summed E-state index contributed by atoms with van der Waals surface area (Å²) in [5, 5.41) is 6.36. The lowest BCUT2D eigenvalue weighted by Crippen LogP contribution is -2.43. The molecule has 172 valence electrons. The molecular formula is C25H29N5O3. The fraction of sp³-hybridized carbons (Fsp3) is 0.320. The molecule has 1 aliphatic rings. The van der Waals surface area contributed by atoms with Crippen molar-refractivity contribution in [2.75, 3.05) is 37.5 Å². The quantitative estimate of drug-likeness (QED) is 0.543. The van der Waals surface area contributed by atoms with Crippen molar-refractivity contribution in [1.29, 1.82) is 0 Å². The van der Waals surface area contributed by atoms with Crippen LogP contribution in [0, 0.1) is 5.92 Å². The van der Waals surface area contributed by atoms with Gasteiger partial charge in [-0.15, -0.1) is 0 Å². The van der Waals surface area contributed by atoms with E-state index in [4.69, 9.17) is 9.47 Å². The standard InChI is InChI=1S/C25H29N5O3/c1-32-21-9-5-18(6-10-21)16-27-24(31)19-4-3-15-30(17-19)25-26-14-13-23(29-25)28-20-7-11-22(33-2)12-8-20/h5-14,19H,3-4,15-17H2,1-2H3,(H,27,31)(H,26,28,29). The van der Waals surface area contributed by atoms with E-state index in [0.717, 1.165) is 42.1 Å². The van der Waals surface area contributed by atoms with Crippen molar-refractivity contribution < 1.29 is 14.3 Å². The molecule has 2 N–H and O–H groups in total. The second kappa shape index (κ2) is 10.7. The molecule has 1 unspecified atom stereocenters. The highest BCUT2D eigenvalue weighted by Crippen LogP contribution is 2.23. The Balaban J connectivity index is 1.35.